The van der Waals surface area contributed by atoms with Crippen LogP contribution in [0.15, 0.2) is 24.5 Å². The molecule has 172 valence electrons. The van der Waals surface area contributed by atoms with Crippen molar-refractivity contribution in [2.45, 2.75) is 45.1 Å². The second kappa shape index (κ2) is 10.1. The number of rotatable bonds is 9. The highest BCUT2D eigenvalue weighted by atomic mass is 35.5. The summed E-state index contributed by atoms with van der Waals surface area (Å²) in [7, 11) is 0. The highest BCUT2D eigenvalue weighted by Gasteiger charge is 2.27. The molecule has 2 aromatic rings. The largest absolute Gasteiger partial charge is 0.387 e. The van der Waals surface area contributed by atoms with Gasteiger partial charge in [-0.1, -0.05) is 11.6 Å². The molecular weight excluding hydrogens is 442 g/mol. The monoisotopic (exact) mass is 466 g/mol. The molecule has 2 aromatic heterocycles. The first-order chi connectivity index (χ1) is 14.8. The van der Waals surface area contributed by atoms with Gasteiger partial charge in [0.05, 0.1) is 34.0 Å². The zero-order valence-corrected chi connectivity index (χ0v) is 18.9. The Bertz CT molecular complexity index is 1010. The topological polar surface area (TPSA) is 123 Å². The summed E-state index contributed by atoms with van der Waals surface area (Å²) in [4.78, 5) is 20.8. The number of nitriles is 1. The van der Waals surface area contributed by atoms with E-state index in [-0.39, 0.29) is 40.0 Å². The van der Waals surface area contributed by atoms with Crippen LogP contribution in [0.25, 0.3) is 0 Å². The summed E-state index contributed by atoms with van der Waals surface area (Å²) in [6.45, 7) is 4.81. The molecule has 1 unspecified atom stereocenters. The Labute approximate surface area is 190 Å². The molecule has 0 saturated heterocycles. The van der Waals surface area contributed by atoms with Gasteiger partial charge in [0.15, 0.2) is 0 Å². The second-order valence-electron chi connectivity index (χ2n) is 8.31. The molecule has 0 aromatic carbocycles. The second-order valence-corrected chi connectivity index (χ2v) is 8.72. The quantitative estimate of drug-likeness (QED) is 0.444. The van der Waals surface area contributed by atoms with Gasteiger partial charge in [-0.2, -0.15) is 5.26 Å². The lowest BCUT2D eigenvalue weighted by molar-refractivity contribution is -0.00177. The third-order valence-electron chi connectivity index (χ3n) is 4.27. The SMILES string of the molecule is CC(C)(F)CNc1cc(Nc2ncc(C#N)cc2Cl)ncc1C(=O)NCC(F)C(C)(C)O. The van der Waals surface area contributed by atoms with Crippen molar-refractivity contribution in [3.63, 3.8) is 0 Å². The molecule has 0 aliphatic rings. The summed E-state index contributed by atoms with van der Waals surface area (Å²) in [6.07, 6.45) is 0.878. The number of aliphatic hydroxyl groups is 1. The number of hydrogen-bond acceptors (Lipinski definition) is 7. The number of hydrogen-bond donors (Lipinski definition) is 4. The van der Waals surface area contributed by atoms with E-state index in [1.807, 2.05) is 6.07 Å². The van der Waals surface area contributed by atoms with E-state index in [1.54, 1.807) is 0 Å². The lowest BCUT2D eigenvalue weighted by Gasteiger charge is -2.23. The molecule has 0 bridgehead atoms. The van der Waals surface area contributed by atoms with Gasteiger partial charge in [0.2, 0.25) is 0 Å². The predicted octanol–water partition coefficient (Wildman–Crippen LogP) is 3.74. The third kappa shape index (κ3) is 7.28. The minimum absolute atomic E-state index is 0.0571. The number of nitrogens with one attached hydrogen (secondary N) is 3. The van der Waals surface area contributed by atoms with Gasteiger partial charge in [-0.25, -0.2) is 18.7 Å². The van der Waals surface area contributed by atoms with E-state index in [9.17, 15) is 18.7 Å². The van der Waals surface area contributed by atoms with E-state index in [0.29, 0.717) is 0 Å². The summed E-state index contributed by atoms with van der Waals surface area (Å²) in [5.41, 5.74) is -2.61. The first-order valence-electron chi connectivity index (χ1n) is 9.70. The van der Waals surface area contributed by atoms with Gasteiger partial charge >= 0.3 is 0 Å². The maximum Gasteiger partial charge on any atom is 0.255 e. The molecule has 0 fully saturated rings. The van der Waals surface area contributed by atoms with Crippen LogP contribution < -0.4 is 16.0 Å². The van der Waals surface area contributed by atoms with Crippen LogP contribution in [0.1, 0.15) is 43.6 Å². The van der Waals surface area contributed by atoms with E-state index in [0.717, 1.165) is 0 Å². The first-order valence-corrected chi connectivity index (χ1v) is 10.1. The normalized spacial score (nSPS) is 12.6. The van der Waals surface area contributed by atoms with Crippen LogP contribution in [0.5, 0.6) is 0 Å². The van der Waals surface area contributed by atoms with Gasteiger partial charge in [-0.3, -0.25) is 4.79 Å². The molecule has 32 heavy (non-hydrogen) atoms. The fourth-order valence-electron chi connectivity index (χ4n) is 2.40. The lowest BCUT2D eigenvalue weighted by atomic mass is 10.0. The number of amides is 1. The van der Waals surface area contributed by atoms with Gasteiger partial charge < -0.3 is 21.1 Å². The van der Waals surface area contributed by atoms with Crippen LogP contribution in [0.4, 0.5) is 26.1 Å². The standard InChI is InChI=1S/C21H25ClF2N6O2/c1-20(2,24)11-29-15-6-17(30-18-14(22)5-12(7-25)8-27-18)26-9-13(15)19(31)28-10-16(23)21(3,4)32/h5-6,8-9,16,32H,10-11H2,1-4H3,(H,28,31)(H2,26,27,29,30). The Morgan fingerprint density at radius 3 is 2.53 bits per heavy atom. The highest BCUT2D eigenvalue weighted by Crippen LogP contribution is 2.26. The molecule has 2 heterocycles. The Kier molecular flexibility index (Phi) is 7.93. The van der Waals surface area contributed by atoms with Crippen molar-refractivity contribution in [2.24, 2.45) is 0 Å². The molecule has 11 heteroatoms. The molecule has 0 aliphatic carbocycles. The van der Waals surface area contributed by atoms with Crippen molar-refractivity contribution in [1.82, 2.24) is 15.3 Å². The van der Waals surface area contributed by atoms with Crippen molar-refractivity contribution >= 4 is 34.8 Å². The van der Waals surface area contributed by atoms with Crippen LogP contribution >= 0.6 is 11.6 Å². The zero-order valence-electron chi connectivity index (χ0n) is 18.1. The molecule has 1 amide bonds. The minimum Gasteiger partial charge on any atom is -0.387 e. The number of alkyl halides is 2. The zero-order chi connectivity index (χ0) is 24.1. The fraction of sp³-hybridized carbons (Fsp3) is 0.429. The summed E-state index contributed by atoms with van der Waals surface area (Å²) < 4.78 is 28.0. The highest BCUT2D eigenvalue weighted by molar-refractivity contribution is 6.33. The minimum atomic E-state index is -1.69. The molecule has 8 nitrogen and oxygen atoms in total. The Morgan fingerprint density at radius 1 is 1.28 bits per heavy atom. The third-order valence-corrected chi connectivity index (χ3v) is 4.56. The van der Waals surface area contributed by atoms with E-state index < -0.39 is 29.9 Å². The summed E-state index contributed by atoms with van der Waals surface area (Å²) in [5.74, 6) is -0.165. The molecule has 0 spiro atoms. The maximum absolute atomic E-state index is 14.0. The number of carbonyl (C=O) groups is 1. The average Bonchev–Trinajstić information content (AvgIpc) is 2.70. The Balaban J connectivity index is 2.28. The molecule has 0 radical (unpaired) electrons. The molecule has 2 rings (SSSR count). The van der Waals surface area contributed by atoms with Crippen molar-refractivity contribution < 1.29 is 18.7 Å². The summed E-state index contributed by atoms with van der Waals surface area (Å²) >= 11 is 6.12. The first kappa shape index (κ1) is 25.2. The Morgan fingerprint density at radius 2 is 1.97 bits per heavy atom. The lowest BCUT2D eigenvalue weighted by Crippen LogP contribution is -2.42. The number of aromatic nitrogens is 2. The van der Waals surface area contributed by atoms with Crippen LogP contribution in [-0.2, 0) is 0 Å². The number of anilines is 3. The van der Waals surface area contributed by atoms with E-state index in [4.69, 9.17) is 16.9 Å². The fourth-order valence-corrected chi connectivity index (χ4v) is 2.61. The van der Waals surface area contributed by atoms with E-state index in [2.05, 4.69) is 25.9 Å². The number of nitrogens with zero attached hydrogens (tertiary/aromatic N) is 3. The van der Waals surface area contributed by atoms with Crippen molar-refractivity contribution in [2.75, 3.05) is 23.7 Å². The predicted molar refractivity (Wildman–Crippen MR) is 119 cm³/mol. The van der Waals surface area contributed by atoms with Gasteiger partial charge in [0.25, 0.3) is 5.91 Å². The Hall–Kier alpha value is -3.03. The van der Waals surface area contributed by atoms with Gasteiger partial charge in [0.1, 0.15) is 29.5 Å². The number of halogens is 3. The van der Waals surface area contributed by atoms with Crippen LogP contribution in [-0.4, -0.2) is 51.5 Å². The molecule has 1 atom stereocenters. The number of pyridine rings is 2. The van der Waals surface area contributed by atoms with Crippen LogP contribution in [0, 0.1) is 11.3 Å². The summed E-state index contributed by atoms with van der Waals surface area (Å²) in [5, 5.41) is 26.9. The molecule has 0 aliphatic heterocycles. The van der Waals surface area contributed by atoms with Crippen molar-refractivity contribution in [3.8, 4) is 6.07 Å². The van der Waals surface area contributed by atoms with E-state index in [1.165, 1.54) is 52.2 Å². The van der Waals surface area contributed by atoms with Crippen LogP contribution in [0.2, 0.25) is 5.02 Å². The van der Waals surface area contributed by atoms with Crippen LogP contribution in [0.3, 0.4) is 0 Å². The smallest absolute Gasteiger partial charge is 0.255 e. The maximum atomic E-state index is 14.0. The number of carbonyl (C=O) groups excluding carboxylic acids is 1. The van der Waals surface area contributed by atoms with Crippen molar-refractivity contribution in [1.29, 1.82) is 5.26 Å². The van der Waals surface area contributed by atoms with Gasteiger partial charge in [0, 0.05) is 25.0 Å². The summed E-state index contributed by atoms with van der Waals surface area (Å²) in [6, 6.07) is 4.81. The van der Waals surface area contributed by atoms with Gasteiger partial charge in [-0.15, -0.1) is 0 Å². The van der Waals surface area contributed by atoms with Gasteiger partial charge in [-0.05, 0) is 33.8 Å². The molecule has 4 N–H and O–H groups in total. The molecular formula is C21H25ClF2N6O2. The van der Waals surface area contributed by atoms with Crippen molar-refractivity contribution in [3.05, 3.63) is 40.7 Å². The average molecular weight is 467 g/mol. The van der Waals surface area contributed by atoms with E-state index >= 15 is 0 Å². The molecule has 0 saturated carbocycles.